The average molecular weight is 243 g/mol. The highest BCUT2D eigenvalue weighted by molar-refractivity contribution is 5.38. The quantitative estimate of drug-likeness (QED) is 0.869. The predicted octanol–water partition coefficient (Wildman–Crippen LogP) is 1.51. The Balaban J connectivity index is 1.96. The molecule has 0 spiro atoms. The predicted molar refractivity (Wildman–Crippen MR) is 70.7 cm³/mol. The van der Waals surface area contributed by atoms with Crippen molar-refractivity contribution in [1.29, 1.82) is 0 Å². The van der Waals surface area contributed by atoms with E-state index in [0.717, 1.165) is 18.5 Å². The van der Waals surface area contributed by atoms with Crippen molar-refractivity contribution in [2.45, 2.75) is 24.8 Å². The minimum Gasteiger partial charge on any atom is -0.321 e. The number of hydrogen-bond acceptors (Lipinski definition) is 2. The number of nitrogens with zero attached hydrogens (tertiary/aromatic N) is 2. The first-order chi connectivity index (χ1) is 8.60. The van der Waals surface area contributed by atoms with E-state index in [4.69, 9.17) is 5.73 Å². The van der Waals surface area contributed by atoms with Crippen LogP contribution in [-0.2, 0) is 12.6 Å². The normalized spacial score (nSPS) is 17.4. The molecule has 1 aromatic carbocycles. The Kier molecular flexibility index (Phi) is 2.41. The van der Waals surface area contributed by atoms with E-state index in [2.05, 4.69) is 0 Å². The molecule has 1 aromatic heterocycles. The van der Waals surface area contributed by atoms with Gasteiger partial charge in [-0.15, -0.1) is 0 Å². The van der Waals surface area contributed by atoms with Crippen molar-refractivity contribution in [2.75, 3.05) is 0 Å². The Morgan fingerprint density at radius 2 is 1.83 bits per heavy atom. The Bertz CT molecular complexity index is 617. The summed E-state index contributed by atoms with van der Waals surface area (Å²) in [4.78, 5) is 11.8. The van der Waals surface area contributed by atoms with Gasteiger partial charge in [0.1, 0.15) is 0 Å². The second-order valence-corrected chi connectivity index (χ2v) is 5.12. The highest BCUT2D eigenvalue weighted by Crippen LogP contribution is 2.38. The fourth-order valence-electron chi connectivity index (χ4n) is 2.46. The first kappa shape index (κ1) is 11.3. The van der Waals surface area contributed by atoms with E-state index >= 15 is 0 Å². The van der Waals surface area contributed by atoms with Crippen LogP contribution in [0.25, 0.3) is 5.69 Å². The fourth-order valence-corrected chi connectivity index (χ4v) is 2.46. The van der Waals surface area contributed by atoms with Crippen molar-refractivity contribution >= 4 is 0 Å². The number of rotatable bonds is 2. The summed E-state index contributed by atoms with van der Waals surface area (Å²) in [5, 5.41) is 0. The Labute approximate surface area is 106 Å². The van der Waals surface area contributed by atoms with Crippen molar-refractivity contribution in [3.05, 3.63) is 52.7 Å². The molecule has 0 atom stereocenters. The summed E-state index contributed by atoms with van der Waals surface area (Å²) < 4.78 is 3.19. The maximum absolute atomic E-state index is 11.8. The smallest absolute Gasteiger partial charge is 0.321 e. The molecule has 1 aliphatic rings. The molecular weight excluding hydrogens is 226 g/mol. The van der Waals surface area contributed by atoms with Gasteiger partial charge in [-0.25, -0.2) is 4.79 Å². The summed E-state index contributed by atoms with van der Waals surface area (Å²) in [6, 6.07) is 8.00. The van der Waals surface area contributed by atoms with Crippen LogP contribution in [-0.4, -0.2) is 9.13 Å². The van der Waals surface area contributed by atoms with Crippen LogP contribution in [0.5, 0.6) is 0 Å². The summed E-state index contributed by atoms with van der Waals surface area (Å²) in [7, 11) is 1.75. The lowest BCUT2D eigenvalue weighted by atomic mass is 9.73. The summed E-state index contributed by atoms with van der Waals surface area (Å²) >= 11 is 0. The van der Waals surface area contributed by atoms with Gasteiger partial charge in [0, 0.05) is 25.0 Å². The van der Waals surface area contributed by atoms with Crippen molar-refractivity contribution in [3.63, 3.8) is 0 Å². The summed E-state index contributed by atoms with van der Waals surface area (Å²) in [6.45, 7) is 0. The number of aryl methyl sites for hydroxylation is 1. The summed E-state index contributed by atoms with van der Waals surface area (Å²) in [5.74, 6) is 0. The molecule has 0 radical (unpaired) electrons. The van der Waals surface area contributed by atoms with Crippen LogP contribution in [0.2, 0.25) is 0 Å². The van der Waals surface area contributed by atoms with Crippen LogP contribution in [0.4, 0.5) is 0 Å². The molecule has 0 amide bonds. The van der Waals surface area contributed by atoms with E-state index in [0.29, 0.717) is 0 Å². The molecule has 0 bridgehead atoms. The lowest BCUT2D eigenvalue weighted by Gasteiger charge is -2.38. The fraction of sp³-hybridized carbons (Fsp3) is 0.357. The number of hydrogen-bond donors (Lipinski definition) is 1. The van der Waals surface area contributed by atoms with Gasteiger partial charge in [-0.05, 0) is 37.0 Å². The van der Waals surface area contributed by atoms with Crippen LogP contribution in [0.3, 0.4) is 0 Å². The zero-order valence-corrected chi connectivity index (χ0v) is 10.5. The first-order valence-corrected chi connectivity index (χ1v) is 6.24. The summed E-state index contributed by atoms with van der Waals surface area (Å²) in [5.41, 5.74) is 8.15. The zero-order valence-electron chi connectivity index (χ0n) is 10.5. The van der Waals surface area contributed by atoms with Crippen molar-refractivity contribution in [3.8, 4) is 5.69 Å². The maximum Gasteiger partial charge on any atom is 0.332 e. The van der Waals surface area contributed by atoms with Gasteiger partial charge in [0.15, 0.2) is 0 Å². The average Bonchev–Trinajstić information content (AvgIpc) is 2.68. The number of nitrogens with two attached hydrogens (primary N) is 1. The molecule has 0 unspecified atom stereocenters. The molecule has 4 heteroatoms. The van der Waals surface area contributed by atoms with Gasteiger partial charge in [-0.3, -0.25) is 4.57 Å². The van der Waals surface area contributed by atoms with Crippen molar-refractivity contribution in [1.82, 2.24) is 9.13 Å². The number of imidazole rings is 1. The third kappa shape index (κ3) is 1.61. The molecule has 2 aromatic rings. The van der Waals surface area contributed by atoms with E-state index in [9.17, 15) is 4.79 Å². The molecule has 3 rings (SSSR count). The molecule has 1 aliphatic carbocycles. The largest absolute Gasteiger partial charge is 0.332 e. The van der Waals surface area contributed by atoms with Gasteiger partial charge in [0.25, 0.3) is 0 Å². The lowest BCUT2D eigenvalue weighted by Crippen LogP contribution is -2.43. The molecule has 18 heavy (non-hydrogen) atoms. The molecule has 0 aliphatic heterocycles. The Morgan fingerprint density at radius 3 is 2.28 bits per heavy atom. The van der Waals surface area contributed by atoms with Crippen LogP contribution in [0, 0.1) is 0 Å². The molecular formula is C14H17N3O. The minimum absolute atomic E-state index is 0.0335. The van der Waals surface area contributed by atoms with Crippen LogP contribution in [0.15, 0.2) is 41.5 Å². The van der Waals surface area contributed by atoms with Crippen molar-refractivity contribution in [2.24, 2.45) is 12.8 Å². The zero-order chi connectivity index (χ0) is 12.8. The molecule has 1 saturated carbocycles. The third-order valence-electron chi connectivity index (χ3n) is 3.91. The van der Waals surface area contributed by atoms with E-state index < -0.39 is 0 Å². The van der Waals surface area contributed by atoms with Gasteiger partial charge >= 0.3 is 5.69 Å². The second-order valence-electron chi connectivity index (χ2n) is 5.12. The standard InChI is InChI=1S/C14H17N3O/c1-16-9-10-17(13(16)18)12-5-3-11(4-6-12)14(15)7-2-8-14/h3-6,9-10H,2,7-8,15H2,1H3. The molecule has 2 N–H and O–H groups in total. The second kappa shape index (κ2) is 3.85. The SMILES string of the molecule is Cn1ccn(-c2ccc(C3(N)CCC3)cc2)c1=O. The van der Waals surface area contributed by atoms with E-state index in [1.54, 1.807) is 28.6 Å². The van der Waals surface area contributed by atoms with E-state index in [-0.39, 0.29) is 11.2 Å². The molecule has 0 saturated heterocycles. The lowest BCUT2D eigenvalue weighted by molar-refractivity contribution is 0.253. The Hall–Kier alpha value is -1.81. The molecule has 1 heterocycles. The molecule has 94 valence electrons. The van der Waals surface area contributed by atoms with Crippen LogP contribution < -0.4 is 11.4 Å². The molecule has 1 fully saturated rings. The van der Waals surface area contributed by atoms with E-state index in [1.165, 1.54) is 12.0 Å². The highest BCUT2D eigenvalue weighted by atomic mass is 16.1. The summed E-state index contributed by atoms with van der Waals surface area (Å²) in [6.07, 6.45) is 6.84. The van der Waals surface area contributed by atoms with Gasteiger partial charge in [0.05, 0.1) is 5.69 Å². The third-order valence-corrected chi connectivity index (χ3v) is 3.91. The molecule has 4 nitrogen and oxygen atoms in total. The van der Waals surface area contributed by atoms with Crippen molar-refractivity contribution < 1.29 is 0 Å². The van der Waals surface area contributed by atoms with Gasteiger partial charge in [0.2, 0.25) is 0 Å². The first-order valence-electron chi connectivity index (χ1n) is 6.24. The Morgan fingerprint density at radius 1 is 1.17 bits per heavy atom. The monoisotopic (exact) mass is 243 g/mol. The number of aromatic nitrogens is 2. The van der Waals surface area contributed by atoms with Gasteiger partial charge in [-0.2, -0.15) is 0 Å². The van der Waals surface area contributed by atoms with Gasteiger partial charge in [-0.1, -0.05) is 12.1 Å². The minimum atomic E-state index is -0.139. The van der Waals surface area contributed by atoms with E-state index in [1.807, 2.05) is 24.3 Å². The highest BCUT2D eigenvalue weighted by Gasteiger charge is 2.34. The number of benzene rings is 1. The maximum atomic E-state index is 11.8. The van der Waals surface area contributed by atoms with Crippen LogP contribution >= 0.6 is 0 Å². The van der Waals surface area contributed by atoms with Gasteiger partial charge < -0.3 is 10.3 Å². The van der Waals surface area contributed by atoms with Crippen LogP contribution in [0.1, 0.15) is 24.8 Å². The topological polar surface area (TPSA) is 52.9 Å².